The summed E-state index contributed by atoms with van der Waals surface area (Å²) in [5, 5.41) is 2.70. The first kappa shape index (κ1) is 22.2. The number of hydrogen-bond acceptors (Lipinski definition) is 4. The lowest BCUT2D eigenvalue weighted by atomic mass is 10.0. The van der Waals surface area contributed by atoms with E-state index in [0.717, 1.165) is 18.9 Å². The molecule has 2 atom stereocenters. The van der Waals surface area contributed by atoms with Gasteiger partial charge in [-0.15, -0.1) is 0 Å². The van der Waals surface area contributed by atoms with Gasteiger partial charge in [0.15, 0.2) is 11.6 Å². The van der Waals surface area contributed by atoms with Crippen LogP contribution in [0.2, 0.25) is 0 Å². The van der Waals surface area contributed by atoms with Crippen LogP contribution < -0.4 is 11.1 Å². The highest BCUT2D eigenvalue weighted by Gasteiger charge is 2.33. The maximum absolute atomic E-state index is 13.8. The molecule has 1 aliphatic heterocycles. The fourth-order valence-electron chi connectivity index (χ4n) is 3.04. The Morgan fingerprint density at radius 3 is 2.75 bits per heavy atom. The van der Waals surface area contributed by atoms with E-state index >= 15 is 0 Å². The average Bonchev–Trinajstić information content (AvgIpc) is 2.64. The quantitative estimate of drug-likeness (QED) is 0.485. The normalized spacial score (nSPS) is 18.1. The van der Waals surface area contributed by atoms with E-state index in [2.05, 4.69) is 5.32 Å². The van der Waals surface area contributed by atoms with Crippen LogP contribution in [0.25, 0.3) is 0 Å². The number of benzene rings is 1. The molecule has 0 unspecified atom stereocenters. The van der Waals surface area contributed by atoms with E-state index in [0.29, 0.717) is 25.8 Å². The molecular formula is C19H26F3N3O3. The molecular weight excluding hydrogens is 375 g/mol. The lowest BCUT2D eigenvalue weighted by Crippen LogP contribution is -2.59. The predicted molar refractivity (Wildman–Crippen MR) is 96.9 cm³/mol. The molecule has 156 valence electrons. The van der Waals surface area contributed by atoms with Crippen LogP contribution in [0.15, 0.2) is 12.1 Å². The van der Waals surface area contributed by atoms with Gasteiger partial charge in [-0.05, 0) is 24.5 Å². The van der Waals surface area contributed by atoms with Crippen molar-refractivity contribution in [2.75, 3.05) is 26.3 Å². The number of ether oxygens (including phenoxy) is 1. The third kappa shape index (κ3) is 5.93. The molecule has 9 heteroatoms. The molecule has 2 amide bonds. The molecule has 2 rings (SSSR count). The van der Waals surface area contributed by atoms with Crippen LogP contribution >= 0.6 is 0 Å². The van der Waals surface area contributed by atoms with Crippen LogP contribution in [-0.4, -0.2) is 55.1 Å². The van der Waals surface area contributed by atoms with Crippen molar-refractivity contribution in [3.8, 4) is 0 Å². The fourth-order valence-corrected chi connectivity index (χ4v) is 3.04. The molecule has 0 saturated carbocycles. The monoisotopic (exact) mass is 401 g/mol. The zero-order valence-corrected chi connectivity index (χ0v) is 15.8. The van der Waals surface area contributed by atoms with E-state index in [1.165, 1.54) is 4.90 Å². The Labute approximate surface area is 162 Å². The smallest absolute Gasteiger partial charge is 0.245 e. The Morgan fingerprint density at radius 1 is 1.32 bits per heavy atom. The molecule has 0 spiro atoms. The van der Waals surface area contributed by atoms with Gasteiger partial charge in [0.05, 0.1) is 6.61 Å². The molecule has 28 heavy (non-hydrogen) atoms. The topological polar surface area (TPSA) is 84.7 Å². The van der Waals surface area contributed by atoms with E-state index in [1.807, 2.05) is 6.92 Å². The van der Waals surface area contributed by atoms with E-state index in [1.54, 1.807) is 0 Å². The first-order valence-corrected chi connectivity index (χ1v) is 9.37. The first-order valence-electron chi connectivity index (χ1n) is 9.37. The summed E-state index contributed by atoms with van der Waals surface area (Å²) in [5.41, 5.74) is 5.83. The maximum Gasteiger partial charge on any atom is 0.245 e. The summed E-state index contributed by atoms with van der Waals surface area (Å²) in [6.07, 6.45) is 1.52. The average molecular weight is 401 g/mol. The first-order chi connectivity index (χ1) is 13.3. The zero-order chi connectivity index (χ0) is 20.7. The Hall–Kier alpha value is -2.13. The number of carbonyl (C=O) groups excluding carboxylic acids is 2. The summed E-state index contributed by atoms with van der Waals surface area (Å²) < 4.78 is 45.6. The van der Waals surface area contributed by atoms with Crippen LogP contribution in [0.5, 0.6) is 0 Å². The highest BCUT2D eigenvalue weighted by Crippen LogP contribution is 2.17. The zero-order valence-electron chi connectivity index (χ0n) is 15.8. The van der Waals surface area contributed by atoms with Crippen LogP contribution in [-0.2, 0) is 20.7 Å². The Kier molecular flexibility index (Phi) is 8.25. The second kappa shape index (κ2) is 10.4. The number of nitrogens with zero attached hydrogens (tertiary/aromatic N) is 1. The summed E-state index contributed by atoms with van der Waals surface area (Å²) in [7, 11) is 0. The SMILES string of the molecule is CCCCOC[C@@H]1C(=O)NCCN1C(=O)C[C@H](N)Cc1cc(F)c(F)cc1F. The molecule has 1 aromatic rings. The van der Waals surface area contributed by atoms with Gasteiger partial charge < -0.3 is 20.7 Å². The number of halogens is 3. The van der Waals surface area contributed by atoms with E-state index in [9.17, 15) is 22.8 Å². The number of nitrogens with one attached hydrogen (secondary N) is 1. The summed E-state index contributed by atoms with van der Waals surface area (Å²) in [5.74, 6) is -4.03. The number of carbonyl (C=O) groups is 2. The molecule has 1 fully saturated rings. The van der Waals surface area contributed by atoms with Crippen LogP contribution in [0.1, 0.15) is 31.7 Å². The van der Waals surface area contributed by atoms with Crippen LogP contribution in [0.3, 0.4) is 0 Å². The minimum Gasteiger partial charge on any atom is -0.379 e. The summed E-state index contributed by atoms with van der Waals surface area (Å²) >= 11 is 0. The molecule has 6 nitrogen and oxygen atoms in total. The van der Waals surface area contributed by atoms with Gasteiger partial charge in [0, 0.05) is 38.2 Å². The number of nitrogens with two attached hydrogens (primary N) is 1. The minimum absolute atomic E-state index is 0.0879. The van der Waals surface area contributed by atoms with E-state index < -0.39 is 29.5 Å². The number of hydrogen-bond donors (Lipinski definition) is 2. The summed E-state index contributed by atoms with van der Waals surface area (Å²) in [6.45, 7) is 3.24. The Morgan fingerprint density at radius 2 is 2.04 bits per heavy atom. The van der Waals surface area contributed by atoms with Gasteiger partial charge in [-0.2, -0.15) is 0 Å². The van der Waals surface area contributed by atoms with Gasteiger partial charge in [-0.25, -0.2) is 13.2 Å². The molecule has 3 N–H and O–H groups in total. The van der Waals surface area contributed by atoms with Crippen molar-refractivity contribution in [1.82, 2.24) is 10.2 Å². The van der Waals surface area contributed by atoms with Gasteiger partial charge in [0.25, 0.3) is 0 Å². The maximum atomic E-state index is 13.8. The molecule has 0 bridgehead atoms. The highest BCUT2D eigenvalue weighted by molar-refractivity contribution is 5.89. The third-order valence-corrected chi connectivity index (χ3v) is 4.58. The largest absolute Gasteiger partial charge is 0.379 e. The van der Waals surface area contributed by atoms with Gasteiger partial charge >= 0.3 is 0 Å². The minimum atomic E-state index is -1.28. The van der Waals surface area contributed by atoms with Gasteiger partial charge in [-0.3, -0.25) is 9.59 Å². The second-order valence-corrected chi connectivity index (χ2v) is 6.85. The number of unbranched alkanes of at least 4 members (excludes halogenated alkanes) is 1. The number of rotatable bonds is 9. The molecule has 1 heterocycles. The highest BCUT2D eigenvalue weighted by atomic mass is 19.2. The van der Waals surface area contributed by atoms with E-state index in [-0.39, 0.29) is 36.8 Å². The van der Waals surface area contributed by atoms with Crippen molar-refractivity contribution in [3.05, 3.63) is 35.1 Å². The van der Waals surface area contributed by atoms with Gasteiger partial charge in [0.1, 0.15) is 11.9 Å². The molecule has 0 aromatic heterocycles. The molecule has 1 aromatic carbocycles. The third-order valence-electron chi connectivity index (χ3n) is 4.58. The summed E-state index contributed by atoms with van der Waals surface area (Å²) in [6, 6.07) is -0.352. The molecule has 1 aliphatic rings. The summed E-state index contributed by atoms with van der Waals surface area (Å²) in [4.78, 5) is 26.2. The van der Waals surface area contributed by atoms with Crippen LogP contribution in [0.4, 0.5) is 13.2 Å². The van der Waals surface area contributed by atoms with Crippen LogP contribution in [0, 0.1) is 17.5 Å². The lowest BCUT2D eigenvalue weighted by molar-refractivity contribution is -0.146. The lowest BCUT2D eigenvalue weighted by Gasteiger charge is -2.35. The van der Waals surface area contributed by atoms with Crippen molar-refractivity contribution >= 4 is 11.8 Å². The van der Waals surface area contributed by atoms with Crippen molar-refractivity contribution in [3.63, 3.8) is 0 Å². The molecule has 0 radical (unpaired) electrons. The predicted octanol–water partition coefficient (Wildman–Crippen LogP) is 1.51. The number of amides is 2. The second-order valence-electron chi connectivity index (χ2n) is 6.85. The van der Waals surface area contributed by atoms with Crippen molar-refractivity contribution in [2.45, 2.75) is 44.7 Å². The van der Waals surface area contributed by atoms with Gasteiger partial charge in [0.2, 0.25) is 11.8 Å². The van der Waals surface area contributed by atoms with Crippen molar-refractivity contribution < 1.29 is 27.5 Å². The van der Waals surface area contributed by atoms with E-state index in [4.69, 9.17) is 10.5 Å². The van der Waals surface area contributed by atoms with Gasteiger partial charge in [-0.1, -0.05) is 13.3 Å². The standard InChI is InChI=1S/C19H26F3N3O3/c1-2-3-6-28-11-17-19(27)24-4-5-25(17)18(26)9-13(23)7-12-8-15(21)16(22)10-14(12)20/h8,10,13,17H,2-7,9,11,23H2,1H3,(H,24,27)/t13-,17-/m1/s1. The van der Waals surface area contributed by atoms with Crippen molar-refractivity contribution in [2.24, 2.45) is 5.73 Å². The Bertz CT molecular complexity index is 702. The Balaban J connectivity index is 1.96. The van der Waals surface area contributed by atoms with Crippen molar-refractivity contribution in [1.29, 1.82) is 0 Å². The number of piperazine rings is 1. The molecule has 1 saturated heterocycles. The fraction of sp³-hybridized carbons (Fsp3) is 0.579. The molecule has 0 aliphatic carbocycles.